The van der Waals surface area contributed by atoms with Gasteiger partial charge in [-0.05, 0) is 76.7 Å². The molecule has 0 atom stereocenters. The second kappa shape index (κ2) is 11.4. The number of para-hydroxylation sites is 4. The monoisotopic (exact) mass is 635 g/mol. The lowest BCUT2D eigenvalue weighted by molar-refractivity contribution is 1.18. The molecular weight excluding hydrogens is 611 g/mol. The predicted octanol–water partition coefficient (Wildman–Crippen LogP) is 12.2. The molecule has 5 nitrogen and oxygen atoms in total. The first kappa shape index (κ1) is 28.8. The van der Waals surface area contributed by atoms with Gasteiger partial charge >= 0.3 is 0 Å². The average Bonchev–Trinajstić information content (AvgIpc) is 3.70. The molecule has 7 aromatic carbocycles. The predicted molar refractivity (Wildman–Crippen MR) is 203 cm³/mol. The van der Waals surface area contributed by atoms with Gasteiger partial charge in [-0.1, -0.05) is 97.1 Å². The highest BCUT2D eigenvalue weighted by atomic mass is 15.0. The van der Waals surface area contributed by atoms with Crippen LogP contribution < -0.4 is 0 Å². The number of nitriles is 1. The van der Waals surface area contributed by atoms with Crippen LogP contribution in [0.25, 0.3) is 86.9 Å². The van der Waals surface area contributed by atoms with Crippen molar-refractivity contribution in [2.24, 2.45) is 0 Å². The second-order valence-electron chi connectivity index (χ2n) is 12.2. The van der Waals surface area contributed by atoms with Gasteiger partial charge in [0.25, 0.3) is 0 Å². The normalized spacial score (nSPS) is 11.1. The van der Waals surface area contributed by atoms with Crippen LogP contribution in [-0.4, -0.2) is 9.13 Å². The third-order valence-corrected chi connectivity index (χ3v) is 9.58. The molecule has 0 saturated carbocycles. The summed E-state index contributed by atoms with van der Waals surface area (Å²) in [6, 6.07) is 53.3. The van der Waals surface area contributed by atoms with E-state index in [-0.39, 0.29) is 0 Å². The molecule has 0 fully saturated rings. The van der Waals surface area contributed by atoms with Gasteiger partial charge in [0.1, 0.15) is 0 Å². The number of benzene rings is 7. The Bertz CT molecular complexity index is 2920. The lowest BCUT2D eigenvalue weighted by atomic mass is 9.96. The molecule has 0 amide bonds. The molecule has 0 aliphatic carbocycles. The van der Waals surface area contributed by atoms with Crippen LogP contribution in [0.15, 0.2) is 152 Å². The smallest absolute Gasteiger partial charge is 0.211 e. The Morgan fingerprint density at radius 3 is 1.86 bits per heavy atom. The zero-order chi connectivity index (χ0) is 33.8. The van der Waals surface area contributed by atoms with E-state index in [0.717, 1.165) is 66.5 Å². The molecule has 50 heavy (non-hydrogen) atoms. The standard InChI is InChI=1S/C45H25N5/c1-47-39-23-22-32(49-44-24-21-29(28-46)25-38(44)36-16-10-17-40(48-2)45(36)49)27-37(39)31-12-9-11-30(26-31)33-13-3-6-18-41(33)50-42-19-7-4-14-34(42)35-15-5-8-20-43(35)50/h3-27H. The Morgan fingerprint density at radius 2 is 1.12 bits per heavy atom. The van der Waals surface area contributed by atoms with Crippen LogP contribution in [0.5, 0.6) is 0 Å². The van der Waals surface area contributed by atoms with Crippen LogP contribution in [0.1, 0.15) is 5.56 Å². The van der Waals surface area contributed by atoms with Gasteiger partial charge in [0, 0.05) is 27.4 Å². The minimum atomic E-state index is 0.525. The van der Waals surface area contributed by atoms with Gasteiger partial charge in [0.05, 0.1) is 52.5 Å². The zero-order valence-electron chi connectivity index (χ0n) is 26.7. The number of fused-ring (bicyclic) bond motifs is 6. The first-order chi connectivity index (χ1) is 24.7. The molecule has 0 unspecified atom stereocenters. The van der Waals surface area contributed by atoms with Crippen molar-refractivity contribution in [3.8, 4) is 39.7 Å². The highest BCUT2D eigenvalue weighted by Crippen LogP contribution is 2.42. The molecule has 0 aliphatic heterocycles. The number of hydrogen-bond acceptors (Lipinski definition) is 1. The summed E-state index contributed by atoms with van der Waals surface area (Å²) < 4.78 is 4.42. The van der Waals surface area contributed by atoms with Gasteiger partial charge in [-0.3, -0.25) is 0 Å². The number of nitrogens with zero attached hydrogens (tertiary/aromatic N) is 5. The van der Waals surface area contributed by atoms with Crippen molar-refractivity contribution in [1.82, 2.24) is 9.13 Å². The van der Waals surface area contributed by atoms with Gasteiger partial charge in [-0.15, -0.1) is 0 Å². The fourth-order valence-corrected chi connectivity index (χ4v) is 7.42. The molecule has 0 spiro atoms. The minimum absolute atomic E-state index is 0.525. The van der Waals surface area contributed by atoms with Crippen molar-refractivity contribution in [2.45, 2.75) is 0 Å². The van der Waals surface area contributed by atoms with Crippen molar-refractivity contribution < 1.29 is 0 Å². The summed E-state index contributed by atoms with van der Waals surface area (Å²) in [7, 11) is 0. The maximum Gasteiger partial charge on any atom is 0.211 e. The minimum Gasteiger partial charge on any atom is -0.319 e. The summed E-state index contributed by atoms with van der Waals surface area (Å²) in [6.45, 7) is 16.1. The molecule has 230 valence electrons. The molecule has 0 bridgehead atoms. The molecular formula is C45H25N5. The highest BCUT2D eigenvalue weighted by molar-refractivity contribution is 6.14. The van der Waals surface area contributed by atoms with Crippen molar-refractivity contribution >= 4 is 55.0 Å². The van der Waals surface area contributed by atoms with E-state index in [2.05, 4.69) is 122 Å². The summed E-state index contributed by atoms with van der Waals surface area (Å²) in [4.78, 5) is 7.79. The van der Waals surface area contributed by atoms with E-state index < -0.39 is 0 Å². The van der Waals surface area contributed by atoms with E-state index in [0.29, 0.717) is 16.9 Å². The van der Waals surface area contributed by atoms with Crippen molar-refractivity contribution in [3.63, 3.8) is 0 Å². The van der Waals surface area contributed by atoms with E-state index in [1.54, 1.807) is 0 Å². The third kappa shape index (κ3) is 4.31. The summed E-state index contributed by atoms with van der Waals surface area (Å²) >= 11 is 0. The Morgan fingerprint density at radius 1 is 0.480 bits per heavy atom. The number of rotatable bonds is 4. The van der Waals surface area contributed by atoms with Crippen molar-refractivity contribution in [2.75, 3.05) is 0 Å². The van der Waals surface area contributed by atoms with Crippen molar-refractivity contribution in [1.29, 1.82) is 5.26 Å². The summed E-state index contributed by atoms with van der Waals surface area (Å²) in [6.07, 6.45) is 0. The van der Waals surface area contributed by atoms with E-state index in [1.165, 1.54) is 10.8 Å². The Hall–Kier alpha value is -7.39. The van der Waals surface area contributed by atoms with Crippen LogP contribution in [0.2, 0.25) is 0 Å². The maximum absolute atomic E-state index is 9.65. The van der Waals surface area contributed by atoms with E-state index in [4.69, 9.17) is 13.1 Å². The summed E-state index contributed by atoms with van der Waals surface area (Å²) in [5.41, 5.74) is 11.4. The molecule has 2 aromatic heterocycles. The third-order valence-electron chi connectivity index (χ3n) is 9.58. The quantitative estimate of drug-likeness (QED) is 0.177. The molecule has 5 heteroatoms. The van der Waals surface area contributed by atoms with Gasteiger partial charge in [-0.2, -0.15) is 5.26 Å². The Balaban J connectivity index is 1.25. The second-order valence-corrected chi connectivity index (χ2v) is 12.2. The SMILES string of the molecule is [C-]#[N+]c1ccc(-n2c3ccc(C#N)cc3c3cccc([N+]#[C-])c32)cc1-c1cccc(-c2ccccc2-n2c3ccccc3c3ccccc32)c1. The number of hydrogen-bond donors (Lipinski definition) is 0. The molecule has 0 saturated heterocycles. The van der Waals surface area contributed by atoms with E-state index in [9.17, 15) is 5.26 Å². The van der Waals surface area contributed by atoms with Crippen molar-refractivity contribution in [3.05, 3.63) is 180 Å². The Kier molecular flexibility index (Phi) is 6.56. The lowest BCUT2D eigenvalue weighted by Gasteiger charge is -2.16. The summed E-state index contributed by atoms with van der Waals surface area (Å²) in [5.74, 6) is 0. The molecule has 0 aliphatic rings. The Labute approximate surface area is 288 Å². The van der Waals surface area contributed by atoms with Crippen LogP contribution in [-0.2, 0) is 0 Å². The van der Waals surface area contributed by atoms with Crippen LogP contribution in [0, 0.1) is 24.5 Å². The fraction of sp³-hybridized carbons (Fsp3) is 0. The van der Waals surface area contributed by atoms with E-state index in [1.807, 2.05) is 54.6 Å². The lowest BCUT2D eigenvalue weighted by Crippen LogP contribution is -1.97. The van der Waals surface area contributed by atoms with Crippen LogP contribution in [0.3, 0.4) is 0 Å². The van der Waals surface area contributed by atoms with Gasteiger partial charge in [0.15, 0.2) is 5.69 Å². The molecule has 0 N–H and O–H groups in total. The average molecular weight is 636 g/mol. The first-order valence-electron chi connectivity index (χ1n) is 16.2. The van der Waals surface area contributed by atoms with Crippen LogP contribution >= 0.6 is 0 Å². The largest absolute Gasteiger partial charge is 0.319 e. The maximum atomic E-state index is 9.65. The summed E-state index contributed by atoms with van der Waals surface area (Å²) in [5, 5.41) is 13.9. The number of aromatic nitrogens is 2. The first-order valence-corrected chi connectivity index (χ1v) is 16.2. The van der Waals surface area contributed by atoms with Gasteiger partial charge in [0.2, 0.25) is 5.69 Å². The highest BCUT2D eigenvalue weighted by Gasteiger charge is 2.19. The topological polar surface area (TPSA) is 42.4 Å². The molecule has 9 aromatic rings. The molecule has 9 rings (SSSR count). The van der Waals surface area contributed by atoms with E-state index >= 15 is 0 Å². The fourth-order valence-electron chi connectivity index (χ4n) is 7.42. The zero-order valence-corrected chi connectivity index (χ0v) is 26.7. The van der Waals surface area contributed by atoms with Crippen LogP contribution in [0.4, 0.5) is 11.4 Å². The van der Waals surface area contributed by atoms with Gasteiger partial charge in [-0.25, -0.2) is 9.69 Å². The molecule has 0 radical (unpaired) electrons. The molecule has 2 heterocycles. The van der Waals surface area contributed by atoms with Gasteiger partial charge < -0.3 is 9.13 Å².